The summed E-state index contributed by atoms with van der Waals surface area (Å²) in [4.78, 5) is 15.7. The number of hydrogen-bond donors (Lipinski definition) is 0. The molecule has 16 heavy (non-hydrogen) atoms. The minimum absolute atomic E-state index is 0.119. The molecular weight excluding hydrogens is 204 g/mol. The fraction of sp³-hybridized carbons (Fsp3) is 0.917. The van der Waals surface area contributed by atoms with Crippen LogP contribution in [0.5, 0.6) is 0 Å². The van der Waals surface area contributed by atoms with E-state index in [0.717, 1.165) is 19.5 Å². The average Bonchev–Trinajstić information content (AvgIpc) is 2.70. The molecule has 0 saturated carbocycles. The van der Waals surface area contributed by atoms with Gasteiger partial charge in [0.1, 0.15) is 0 Å². The number of carbonyl (C=O) groups excluding carboxylic acids is 1. The summed E-state index contributed by atoms with van der Waals surface area (Å²) in [6.07, 6.45) is 3.83. The lowest BCUT2D eigenvalue weighted by molar-refractivity contribution is -0.144. The van der Waals surface area contributed by atoms with Crippen LogP contribution < -0.4 is 0 Å². The Labute approximate surface area is 98.5 Å². The fourth-order valence-electron chi connectivity index (χ4n) is 2.08. The summed E-state index contributed by atoms with van der Waals surface area (Å²) in [7, 11) is 1.97. The molecule has 0 aliphatic carbocycles. The molecule has 0 aromatic carbocycles. The monoisotopic (exact) mass is 228 g/mol. The molecule has 94 valence electrons. The molecule has 0 radical (unpaired) electrons. The van der Waals surface area contributed by atoms with Gasteiger partial charge in [-0.3, -0.25) is 9.69 Å². The van der Waals surface area contributed by atoms with Crippen LogP contribution in [0.3, 0.4) is 0 Å². The van der Waals surface area contributed by atoms with Crippen LogP contribution in [-0.4, -0.2) is 62.1 Å². The molecule has 4 nitrogen and oxygen atoms in total. The van der Waals surface area contributed by atoms with Gasteiger partial charge in [0, 0.05) is 0 Å². The zero-order chi connectivity index (χ0) is 11.8. The second kappa shape index (κ2) is 7.63. The number of hydrogen-bond acceptors (Lipinski definition) is 4. The third kappa shape index (κ3) is 5.47. The highest BCUT2D eigenvalue weighted by atomic mass is 16.5. The molecule has 0 amide bonds. The topological polar surface area (TPSA) is 32.8 Å². The quantitative estimate of drug-likeness (QED) is 0.608. The molecule has 0 N–H and O–H groups in total. The van der Waals surface area contributed by atoms with E-state index < -0.39 is 0 Å². The van der Waals surface area contributed by atoms with Gasteiger partial charge in [0.15, 0.2) is 0 Å². The van der Waals surface area contributed by atoms with E-state index in [4.69, 9.17) is 4.74 Å². The molecule has 0 aromatic heterocycles. The molecule has 4 heteroatoms. The van der Waals surface area contributed by atoms with Crippen molar-refractivity contribution in [3.05, 3.63) is 0 Å². The first-order valence-corrected chi connectivity index (χ1v) is 6.29. The third-order valence-electron chi connectivity index (χ3n) is 2.92. The maximum atomic E-state index is 11.2. The van der Waals surface area contributed by atoms with E-state index in [9.17, 15) is 4.79 Å². The van der Waals surface area contributed by atoms with Gasteiger partial charge in [-0.25, -0.2) is 0 Å². The van der Waals surface area contributed by atoms with Crippen molar-refractivity contribution in [1.82, 2.24) is 9.80 Å². The highest BCUT2D eigenvalue weighted by Gasteiger charge is 2.11. The molecule has 1 aliphatic heterocycles. The Kier molecular flexibility index (Phi) is 6.42. The van der Waals surface area contributed by atoms with Crippen molar-refractivity contribution < 1.29 is 9.53 Å². The van der Waals surface area contributed by atoms with E-state index in [0.29, 0.717) is 13.2 Å². The predicted octanol–water partition coefficient (Wildman–Crippen LogP) is 0.967. The first-order chi connectivity index (χ1) is 7.72. The SMILES string of the molecule is CCOC(=O)CN(C)CCCN1CCCC1. The van der Waals surface area contributed by atoms with Crippen molar-refractivity contribution in [1.29, 1.82) is 0 Å². The number of carbonyl (C=O) groups is 1. The summed E-state index contributed by atoms with van der Waals surface area (Å²) in [5.74, 6) is -0.119. The van der Waals surface area contributed by atoms with Gasteiger partial charge >= 0.3 is 5.97 Å². The molecule has 1 heterocycles. The molecule has 0 aromatic rings. The number of esters is 1. The normalized spacial score (nSPS) is 16.9. The van der Waals surface area contributed by atoms with E-state index in [2.05, 4.69) is 4.90 Å². The summed E-state index contributed by atoms with van der Waals surface area (Å²) in [6.45, 7) is 7.35. The van der Waals surface area contributed by atoms with Crippen molar-refractivity contribution in [3.8, 4) is 0 Å². The second-order valence-corrected chi connectivity index (χ2v) is 4.45. The molecule has 0 bridgehead atoms. The zero-order valence-electron chi connectivity index (χ0n) is 10.6. The van der Waals surface area contributed by atoms with Gasteiger partial charge in [-0.2, -0.15) is 0 Å². The van der Waals surface area contributed by atoms with Gasteiger partial charge in [-0.15, -0.1) is 0 Å². The average molecular weight is 228 g/mol. The van der Waals surface area contributed by atoms with Crippen molar-refractivity contribution in [3.63, 3.8) is 0 Å². The van der Waals surface area contributed by atoms with Crippen LogP contribution in [0.2, 0.25) is 0 Å². The van der Waals surface area contributed by atoms with Crippen LogP contribution in [0, 0.1) is 0 Å². The lowest BCUT2D eigenvalue weighted by atomic mass is 10.3. The number of likely N-dealkylation sites (N-methyl/N-ethyl adjacent to an activating group) is 1. The van der Waals surface area contributed by atoms with Gasteiger partial charge in [-0.1, -0.05) is 0 Å². The molecule has 1 fully saturated rings. The Balaban J connectivity index is 2.00. The van der Waals surface area contributed by atoms with E-state index in [-0.39, 0.29) is 5.97 Å². The highest BCUT2D eigenvalue weighted by molar-refractivity contribution is 5.71. The van der Waals surface area contributed by atoms with E-state index in [1.807, 2.05) is 18.9 Å². The fourth-order valence-corrected chi connectivity index (χ4v) is 2.08. The van der Waals surface area contributed by atoms with Crippen LogP contribution in [0.25, 0.3) is 0 Å². The van der Waals surface area contributed by atoms with Crippen LogP contribution in [0.4, 0.5) is 0 Å². The summed E-state index contributed by atoms with van der Waals surface area (Å²) in [6, 6.07) is 0. The summed E-state index contributed by atoms with van der Waals surface area (Å²) in [5, 5.41) is 0. The zero-order valence-corrected chi connectivity index (χ0v) is 10.6. The van der Waals surface area contributed by atoms with Crippen molar-refractivity contribution >= 4 is 5.97 Å². The summed E-state index contributed by atoms with van der Waals surface area (Å²) >= 11 is 0. The smallest absolute Gasteiger partial charge is 0.320 e. The maximum Gasteiger partial charge on any atom is 0.320 e. The predicted molar refractivity (Wildman–Crippen MR) is 64.4 cm³/mol. The van der Waals surface area contributed by atoms with Crippen LogP contribution in [0.15, 0.2) is 0 Å². The molecule has 0 unspecified atom stereocenters. The lowest BCUT2D eigenvalue weighted by Crippen LogP contribution is -2.30. The lowest BCUT2D eigenvalue weighted by Gasteiger charge is -2.18. The van der Waals surface area contributed by atoms with Gasteiger partial charge in [0.05, 0.1) is 13.2 Å². The number of rotatable bonds is 7. The minimum Gasteiger partial charge on any atom is -0.465 e. The molecule has 1 saturated heterocycles. The van der Waals surface area contributed by atoms with Crippen molar-refractivity contribution in [2.75, 3.05) is 46.4 Å². The summed E-state index contributed by atoms with van der Waals surface area (Å²) in [5.41, 5.74) is 0. The van der Waals surface area contributed by atoms with E-state index in [1.165, 1.54) is 25.9 Å². The first-order valence-electron chi connectivity index (χ1n) is 6.29. The summed E-state index contributed by atoms with van der Waals surface area (Å²) < 4.78 is 4.90. The van der Waals surface area contributed by atoms with Crippen LogP contribution >= 0.6 is 0 Å². The van der Waals surface area contributed by atoms with Gasteiger partial charge in [-0.05, 0) is 59.4 Å². The van der Waals surface area contributed by atoms with Gasteiger partial charge < -0.3 is 9.64 Å². The van der Waals surface area contributed by atoms with Gasteiger partial charge in [0.2, 0.25) is 0 Å². The maximum absolute atomic E-state index is 11.2. The van der Waals surface area contributed by atoms with E-state index >= 15 is 0 Å². The minimum atomic E-state index is -0.119. The van der Waals surface area contributed by atoms with Crippen LogP contribution in [0.1, 0.15) is 26.2 Å². The highest BCUT2D eigenvalue weighted by Crippen LogP contribution is 2.07. The largest absolute Gasteiger partial charge is 0.465 e. The Morgan fingerprint density at radius 1 is 1.38 bits per heavy atom. The molecule has 1 rings (SSSR count). The van der Waals surface area contributed by atoms with Crippen molar-refractivity contribution in [2.24, 2.45) is 0 Å². The third-order valence-corrected chi connectivity index (χ3v) is 2.92. The van der Waals surface area contributed by atoms with E-state index in [1.54, 1.807) is 0 Å². The Morgan fingerprint density at radius 3 is 2.69 bits per heavy atom. The Bertz CT molecular complexity index is 203. The number of likely N-dealkylation sites (tertiary alicyclic amines) is 1. The Morgan fingerprint density at radius 2 is 2.06 bits per heavy atom. The van der Waals surface area contributed by atoms with Crippen molar-refractivity contribution in [2.45, 2.75) is 26.2 Å². The Hall–Kier alpha value is -0.610. The number of ether oxygens (including phenoxy) is 1. The van der Waals surface area contributed by atoms with Crippen LogP contribution in [-0.2, 0) is 9.53 Å². The molecular formula is C12H24N2O2. The molecule has 0 atom stereocenters. The molecule has 1 aliphatic rings. The molecule has 0 spiro atoms. The first kappa shape index (κ1) is 13.5. The van der Waals surface area contributed by atoms with Gasteiger partial charge in [0.25, 0.3) is 0 Å². The standard InChI is InChI=1S/C12H24N2O2/c1-3-16-12(15)11-13(2)7-6-10-14-8-4-5-9-14/h3-11H2,1-2H3. The number of nitrogens with zero attached hydrogens (tertiary/aromatic N) is 2. The second-order valence-electron chi connectivity index (χ2n) is 4.45.